The van der Waals surface area contributed by atoms with Crippen molar-refractivity contribution in [1.82, 2.24) is 0 Å². The molecule has 0 saturated carbocycles. The molecule has 7 nitrogen and oxygen atoms in total. The Kier molecular flexibility index (Phi) is 5.84. The Morgan fingerprint density at radius 1 is 0.862 bits per heavy atom. The molecule has 0 fully saturated rings. The maximum Gasteiger partial charge on any atom is 0.261 e. The molecule has 0 radical (unpaired) electrons. The van der Waals surface area contributed by atoms with Gasteiger partial charge in [0.15, 0.2) is 0 Å². The van der Waals surface area contributed by atoms with Crippen LogP contribution >= 0.6 is 0 Å². The lowest BCUT2D eigenvalue weighted by atomic mass is 10.1. The Labute approximate surface area is 169 Å². The Morgan fingerprint density at radius 3 is 1.97 bits per heavy atom. The first-order valence-electron chi connectivity index (χ1n) is 8.77. The first-order valence-corrected chi connectivity index (χ1v) is 10.3. The molecule has 0 bridgehead atoms. The summed E-state index contributed by atoms with van der Waals surface area (Å²) in [6.07, 6.45) is 0. The van der Waals surface area contributed by atoms with Gasteiger partial charge in [-0.15, -0.1) is 0 Å². The van der Waals surface area contributed by atoms with Gasteiger partial charge in [0, 0.05) is 5.69 Å². The van der Waals surface area contributed by atoms with Crippen LogP contribution in [-0.2, 0) is 10.0 Å². The Hall–Kier alpha value is -3.39. The van der Waals surface area contributed by atoms with E-state index in [2.05, 4.69) is 15.0 Å². The smallest absolute Gasteiger partial charge is 0.261 e. The van der Waals surface area contributed by atoms with E-state index in [9.17, 15) is 13.5 Å². The minimum atomic E-state index is -3.72. The molecular weight excluding hydrogens is 390 g/mol. The lowest BCUT2D eigenvalue weighted by molar-refractivity contribution is 0.415. The molecule has 0 aliphatic carbocycles. The number of hydrogen-bond acceptors (Lipinski definition) is 6. The highest BCUT2D eigenvalue weighted by atomic mass is 32.2. The number of phenolic OH excluding ortho intramolecular Hbond substituents is 1. The molecule has 2 N–H and O–H groups in total. The number of azo groups is 1. The summed E-state index contributed by atoms with van der Waals surface area (Å²) in [6.45, 7) is 3.58. The molecule has 0 amide bonds. The van der Waals surface area contributed by atoms with Crippen molar-refractivity contribution >= 4 is 27.1 Å². The second kappa shape index (κ2) is 8.32. The molecule has 3 aromatic carbocycles. The summed E-state index contributed by atoms with van der Waals surface area (Å²) in [4.78, 5) is 0.114. The van der Waals surface area contributed by atoms with E-state index in [1.807, 2.05) is 0 Å². The number of aryl methyl sites for hydroxylation is 2. The van der Waals surface area contributed by atoms with Gasteiger partial charge in [-0.25, -0.2) is 8.42 Å². The lowest BCUT2D eigenvalue weighted by Crippen LogP contribution is -2.12. The molecule has 0 aliphatic heterocycles. The maximum atomic E-state index is 12.5. The van der Waals surface area contributed by atoms with Gasteiger partial charge in [-0.3, -0.25) is 4.72 Å². The molecule has 3 aromatic rings. The van der Waals surface area contributed by atoms with Crippen LogP contribution in [0.3, 0.4) is 0 Å². The molecule has 0 aromatic heterocycles. The fraction of sp³-hybridized carbons (Fsp3) is 0.143. The van der Waals surface area contributed by atoms with Crippen LogP contribution in [0.4, 0.5) is 17.1 Å². The third-order valence-corrected chi connectivity index (χ3v) is 5.64. The Bertz CT molecular complexity index is 1120. The Balaban J connectivity index is 1.74. The average Bonchev–Trinajstić information content (AvgIpc) is 2.71. The van der Waals surface area contributed by atoms with Gasteiger partial charge in [0.1, 0.15) is 11.5 Å². The quantitative estimate of drug-likeness (QED) is 0.542. The molecule has 0 atom stereocenters. The fourth-order valence-electron chi connectivity index (χ4n) is 2.67. The van der Waals surface area contributed by atoms with Gasteiger partial charge in [-0.2, -0.15) is 10.2 Å². The van der Waals surface area contributed by atoms with Gasteiger partial charge >= 0.3 is 0 Å². The molecular formula is C21H21N3O4S. The van der Waals surface area contributed by atoms with Gasteiger partial charge < -0.3 is 9.84 Å². The minimum Gasteiger partial charge on any atom is -0.507 e. The van der Waals surface area contributed by atoms with E-state index < -0.39 is 10.0 Å². The Morgan fingerprint density at radius 2 is 1.41 bits per heavy atom. The number of ether oxygens (including phenoxy) is 1. The van der Waals surface area contributed by atoms with Crippen molar-refractivity contribution in [3.8, 4) is 11.5 Å². The monoisotopic (exact) mass is 411 g/mol. The van der Waals surface area contributed by atoms with Crippen molar-refractivity contribution in [3.05, 3.63) is 71.8 Å². The van der Waals surface area contributed by atoms with E-state index in [4.69, 9.17) is 4.74 Å². The highest BCUT2D eigenvalue weighted by Gasteiger charge is 2.14. The van der Waals surface area contributed by atoms with Crippen molar-refractivity contribution in [1.29, 1.82) is 0 Å². The zero-order chi connectivity index (χ0) is 21.0. The number of benzene rings is 3. The van der Waals surface area contributed by atoms with Gasteiger partial charge in [-0.05, 0) is 85.6 Å². The minimum absolute atomic E-state index is 0.114. The van der Waals surface area contributed by atoms with Crippen LogP contribution in [-0.4, -0.2) is 20.6 Å². The summed E-state index contributed by atoms with van der Waals surface area (Å²) in [7, 11) is -2.18. The molecule has 0 spiro atoms. The highest BCUT2D eigenvalue weighted by Crippen LogP contribution is 2.28. The maximum absolute atomic E-state index is 12.5. The number of phenols is 1. The van der Waals surface area contributed by atoms with Gasteiger partial charge in [0.25, 0.3) is 10.0 Å². The van der Waals surface area contributed by atoms with Crippen LogP contribution < -0.4 is 9.46 Å². The zero-order valence-corrected chi connectivity index (χ0v) is 17.1. The summed E-state index contributed by atoms with van der Waals surface area (Å²) in [5.74, 6) is 0.879. The summed E-state index contributed by atoms with van der Waals surface area (Å²) >= 11 is 0. The van der Waals surface area contributed by atoms with E-state index in [0.29, 0.717) is 33.9 Å². The first-order chi connectivity index (χ1) is 13.8. The van der Waals surface area contributed by atoms with Gasteiger partial charge in [0.05, 0.1) is 23.4 Å². The normalized spacial score (nSPS) is 11.6. The topological polar surface area (TPSA) is 100 Å². The van der Waals surface area contributed by atoms with E-state index >= 15 is 0 Å². The number of sulfonamides is 1. The van der Waals surface area contributed by atoms with Gasteiger partial charge in [0.2, 0.25) is 0 Å². The van der Waals surface area contributed by atoms with Crippen LogP contribution in [0.5, 0.6) is 11.5 Å². The number of hydrogen-bond donors (Lipinski definition) is 2. The third-order valence-electron chi connectivity index (χ3n) is 4.25. The van der Waals surface area contributed by atoms with E-state index in [1.165, 1.54) is 12.1 Å². The van der Waals surface area contributed by atoms with E-state index in [0.717, 1.165) is 0 Å². The van der Waals surface area contributed by atoms with Crippen molar-refractivity contribution in [3.63, 3.8) is 0 Å². The molecule has 29 heavy (non-hydrogen) atoms. The highest BCUT2D eigenvalue weighted by molar-refractivity contribution is 7.92. The average molecular weight is 411 g/mol. The number of methoxy groups -OCH3 is 1. The molecule has 8 heteroatoms. The molecule has 3 rings (SSSR count). The molecule has 150 valence electrons. The zero-order valence-electron chi connectivity index (χ0n) is 16.2. The van der Waals surface area contributed by atoms with E-state index in [1.54, 1.807) is 69.5 Å². The van der Waals surface area contributed by atoms with Crippen LogP contribution in [0.25, 0.3) is 0 Å². The number of nitrogens with zero attached hydrogens (tertiary/aromatic N) is 2. The summed E-state index contributed by atoms with van der Waals surface area (Å²) < 4.78 is 32.6. The van der Waals surface area contributed by atoms with E-state index in [-0.39, 0.29) is 10.6 Å². The van der Waals surface area contributed by atoms with Crippen molar-refractivity contribution in [2.45, 2.75) is 18.7 Å². The number of nitrogens with one attached hydrogen (secondary N) is 1. The van der Waals surface area contributed by atoms with Crippen LogP contribution in [0.1, 0.15) is 11.1 Å². The largest absolute Gasteiger partial charge is 0.507 e. The number of anilines is 1. The molecule has 0 unspecified atom stereocenters. The number of rotatable bonds is 6. The van der Waals surface area contributed by atoms with Crippen molar-refractivity contribution in [2.75, 3.05) is 11.8 Å². The summed E-state index contributed by atoms with van der Waals surface area (Å²) in [5.41, 5.74) is 2.98. The molecule has 0 saturated heterocycles. The van der Waals surface area contributed by atoms with Gasteiger partial charge in [-0.1, -0.05) is 0 Å². The summed E-state index contributed by atoms with van der Waals surface area (Å²) in [5, 5.41) is 18.1. The first kappa shape index (κ1) is 20.3. The second-order valence-corrected chi connectivity index (χ2v) is 8.14. The predicted molar refractivity (Wildman–Crippen MR) is 112 cm³/mol. The predicted octanol–water partition coefficient (Wildman–Crippen LogP) is 5.23. The SMILES string of the molecule is COc1ccc(NS(=O)(=O)c2ccc(/N=N/c3cc(C)c(O)c(C)c3)cc2)cc1. The molecule has 0 heterocycles. The number of aromatic hydroxyl groups is 1. The van der Waals surface area contributed by atoms with Crippen LogP contribution in [0, 0.1) is 13.8 Å². The van der Waals surface area contributed by atoms with Crippen LogP contribution in [0.15, 0.2) is 75.8 Å². The van der Waals surface area contributed by atoms with Crippen molar-refractivity contribution in [2.24, 2.45) is 10.2 Å². The van der Waals surface area contributed by atoms with Crippen LogP contribution in [0.2, 0.25) is 0 Å². The lowest BCUT2D eigenvalue weighted by Gasteiger charge is -2.09. The fourth-order valence-corrected chi connectivity index (χ4v) is 3.73. The standard InChI is InChI=1S/C21H21N3O4S/c1-14-12-18(13-15(2)21(14)25)23-22-16-6-10-20(11-7-16)29(26,27)24-17-4-8-19(28-3)9-5-17/h4-13,24-25H,1-3H3/b23-22+. The molecule has 0 aliphatic rings. The second-order valence-electron chi connectivity index (χ2n) is 6.46. The van der Waals surface area contributed by atoms with Crippen molar-refractivity contribution < 1.29 is 18.3 Å². The summed E-state index contributed by atoms with van der Waals surface area (Å²) in [6, 6.07) is 16.1. The third kappa shape index (κ3) is 4.91.